The molecule has 13 heteroatoms. The lowest BCUT2D eigenvalue weighted by molar-refractivity contribution is -0.385. The SMILES string of the molecule is CN(Cc1ccc([N+](=O)[O-])cc1)Cc1c(Cl)cccc1Cl.CN(Cc1ccc([N+](=O)[O-])cc1)Cc1ccc(C(F)(F)F)cc1. The third-order valence-electron chi connectivity index (χ3n) is 6.42. The number of nitrogens with zero attached hydrogens (tertiary/aromatic N) is 4. The lowest BCUT2D eigenvalue weighted by atomic mass is 10.1. The molecule has 0 aliphatic heterocycles. The van der Waals surface area contributed by atoms with Gasteiger partial charge in [-0.2, -0.15) is 13.2 Å². The maximum absolute atomic E-state index is 12.5. The van der Waals surface area contributed by atoms with Crippen LogP contribution in [-0.4, -0.2) is 33.7 Å². The first-order chi connectivity index (χ1) is 20.7. The van der Waals surface area contributed by atoms with Gasteiger partial charge in [-0.05, 0) is 55.1 Å². The molecule has 4 aromatic carbocycles. The Morgan fingerprint density at radius 3 is 1.30 bits per heavy atom. The molecule has 4 rings (SSSR count). The Bertz CT molecular complexity index is 1530. The lowest BCUT2D eigenvalue weighted by Crippen LogP contribution is -2.17. The van der Waals surface area contributed by atoms with Crippen molar-refractivity contribution in [3.05, 3.63) is 149 Å². The summed E-state index contributed by atoms with van der Waals surface area (Å²) in [5, 5.41) is 22.5. The summed E-state index contributed by atoms with van der Waals surface area (Å²) in [7, 11) is 3.78. The van der Waals surface area contributed by atoms with Gasteiger partial charge in [0, 0.05) is 66.1 Å². The molecule has 0 bridgehead atoms. The molecular weight excluding hydrogens is 620 g/mol. The van der Waals surface area contributed by atoms with Gasteiger partial charge in [0.25, 0.3) is 11.4 Å². The Morgan fingerprint density at radius 2 is 0.955 bits per heavy atom. The van der Waals surface area contributed by atoms with E-state index in [4.69, 9.17) is 23.2 Å². The number of hydrogen-bond donors (Lipinski definition) is 0. The fourth-order valence-electron chi connectivity index (χ4n) is 4.25. The second-order valence-electron chi connectivity index (χ2n) is 10.1. The van der Waals surface area contributed by atoms with E-state index in [0.29, 0.717) is 36.2 Å². The molecule has 0 heterocycles. The summed E-state index contributed by atoms with van der Waals surface area (Å²) < 4.78 is 37.5. The topological polar surface area (TPSA) is 92.8 Å². The molecule has 4 aromatic rings. The number of benzene rings is 4. The van der Waals surface area contributed by atoms with Gasteiger partial charge in [-0.3, -0.25) is 30.0 Å². The van der Waals surface area contributed by atoms with Crippen molar-refractivity contribution in [2.75, 3.05) is 14.1 Å². The summed E-state index contributed by atoms with van der Waals surface area (Å²) >= 11 is 12.3. The predicted octanol–water partition coefficient (Wildman–Crippen LogP) is 8.78. The van der Waals surface area contributed by atoms with Crippen LogP contribution in [0.15, 0.2) is 91.0 Å². The Balaban J connectivity index is 0.000000241. The first kappa shape index (κ1) is 34.5. The highest BCUT2D eigenvalue weighted by atomic mass is 35.5. The molecule has 0 aliphatic carbocycles. The molecule has 0 aliphatic rings. The fraction of sp³-hybridized carbons (Fsp3) is 0.226. The molecular formula is C31H29Cl2F3N4O4. The van der Waals surface area contributed by atoms with Crippen LogP contribution in [0.5, 0.6) is 0 Å². The summed E-state index contributed by atoms with van der Waals surface area (Å²) in [6.45, 7) is 2.28. The number of nitro groups is 2. The molecule has 44 heavy (non-hydrogen) atoms. The number of non-ortho nitro benzene ring substituents is 2. The van der Waals surface area contributed by atoms with Crippen LogP contribution in [0.3, 0.4) is 0 Å². The molecule has 0 spiro atoms. The minimum Gasteiger partial charge on any atom is -0.298 e. The average molecular weight is 649 g/mol. The van der Waals surface area contributed by atoms with Gasteiger partial charge >= 0.3 is 6.18 Å². The molecule has 0 saturated heterocycles. The van der Waals surface area contributed by atoms with Gasteiger partial charge in [0.05, 0.1) is 15.4 Å². The number of rotatable bonds is 10. The molecule has 0 aromatic heterocycles. The Morgan fingerprint density at radius 1 is 0.614 bits per heavy atom. The second-order valence-corrected chi connectivity index (χ2v) is 10.9. The third-order valence-corrected chi connectivity index (χ3v) is 7.13. The molecule has 8 nitrogen and oxygen atoms in total. The fourth-order valence-corrected chi connectivity index (χ4v) is 4.76. The largest absolute Gasteiger partial charge is 0.416 e. The van der Waals surface area contributed by atoms with Crippen molar-refractivity contribution in [1.29, 1.82) is 0 Å². The van der Waals surface area contributed by atoms with E-state index in [1.54, 1.807) is 24.3 Å². The standard InChI is InChI=1S/C16H15F3N2O2.C15H14Cl2N2O2/c1-20(11-13-4-8-15(9-5-13)21(22)23)10-12-2-6-14(7-3-12)16(17,18)19;1-18(10-13-14(16)3-2-4-15(13)17)9-11-5-7-12(8-6-11)19(20)21/h2-9H,10-11H2,1H3;2-8H,9-10H2,1H3. The average Bonchev–Trinajstić information content (AvgIpc) is 2.96. The minimum absolute atomic E-state index is 0.0270. The van der Waals surface area contributed by atoms with E-state index in [-0.39, 0.29) is 11.4 Å². The Labute approximate surface area is 262 Å². The highest BCUT2D eigenvalue weighted by Gasteiger charge is 2.29. The number of nitro benzene ring substituents is 2. The zero-order valence-electron chi connectivity index (χ0n) is 23.8. The highest BCUT2D eigenvalue weighted by Crippen LogP contribution is 2.29. The van der Waals surface area contributed by atoms with Crippen molar-refractivity contribution >= 4 is 34.6 Å². The molecule has 0 unspecified atom stereocenters. The van der Waals surface area contributed by atoms with Crippen molar-refractivity contribution in [3.8, 4) is 0 Å². The van der Waals surface area contributed by atoms with Gasteiger partial charge in [0.1, 0.15) is 0 Å². The van der Waals surface area contributed by atoms with E-state index < -0.39 is 21.6 Å². The Kier molecular flexibility index (Phi) is 12.2. The van der Waals surface area contributed by atoms with Gasteiger partial charge in [-0.1, -0.05) is 65.7 Å². The first-order valence-corrected chi connectivity index (χ1v) is 13.9. The van der Waals surface area contributed by atoms with Crippen LogP contribution < -0.4 is 0 Å². The van der Waals surface area contributed by atoms with Crippen molar-refractivity contribution in [1.82, 2.24) is 9.80 Å². The van der Waals surface area contributed by atoms with Crippen molar-refractivity contribution in [3.63, 3.8) is 0 Å². The van der Waals surface area contributed by atoms with Crippen LogP contribution in [0.2, 0.25) is 10.0 Å². The van der Waals surface area contributed by atoms with E-state index in [0.717, 1.165) is 34.4 Å². The van der Waals surface area contributed by atoms with Gasteiger partial charge in [0.2, 0.25) is 0 Å². The smallest absolute Gasteiger partial charge is 0.298 e. The second kappa shape index (κ2) is 15.6. The maximum atomic E-state index is 12.5. The molecule has 0 fully saturated rings. The predicted molar refractivity (Wildman–Crippen MR) is 164 cm³/mol. The maximum Gasteiger partial charge on any atom is 0.416 e. The van der Waals surface area contributed by atoms with Crippen molar-refractivity contribution in [2.45, 2.75) is 32.4 Å². The first-order valence-electron chi connectivity index (χ1n) is 13.2. The van der Waals surface area contributed by atoms with Gasteiger partial charge in [0.15, 0.2) is 0 Å². The number of alkyl halides is 3. The van der Waals surface area contributed by atoms with Crippen molar-refractivity contribution < 1.29 is 23.0 Å². The monoisotopic (exact) mass is 648 g/mol. The van der Waals surface area contributed by atoms with Crippen molar-refractivity contribution in [2.24, 2.45) is 0 Å². The van der Waals surface area contributed by atoms with Gasteiger partial charge in [-0.25, -0.2) is 0 Å². The van der Waals surface area contributed by atoms with E-state index in [9.17, 15) is 33.4 Å². The molecule has 0 atom stereocenters. The number of hydrogen-bond acceptors (Lipinski definition) is 6. The molecule has 0 N–H and O–H groups in total. The van der Waals surface area contributed by atoms with E-state index >= 15 is 0 Å². The summed E-state index contributed by atoms with van der Waals surface area (Å²) in [6, 6.07) is 23.2. The summed E-state index contributed by atoms with van der Waals surface area (Å²) in [6.07, 6.45) is -4.33. The lowest BCUT2D eigenvalue weighted by Gasteiger charge is -2.18. The zero-order valence-corrected chi connectivity index (χ0v) is 25.3. The van der Waals surface area contributed by atoms with E-state index in [2.05, 4.69) is 0 Å². The van der Waals surface area contributed by atoms with Gasteiger partial charge < -0.3 is 0 Å². The van der Waals surface area contributed by atoms with Gasteiger partial charge in [-0.15, -0.1) is 0 Å². The zero-order chi connectivity index (χ0) is 32.4. The van der Waals surface area contributed by atoms with Crippen LogP contribution in [0.4, 0.5) is 24.5 Å². The number of halogens is 5. The van der Waals surface area contributed by atoms with Crippen LogP contribution in [0.25, 0.3) is 0 Å². The Hall–Kier alpha value is -4.03. The normalized spacial score (nSPS) is 11.3. The minimum atomic E-state index is -4.33. The summed E-state index contributed by atoms with van der Waals surface area (Å²) in [4.78, 5) is 24.3. The quantitative estimate of drug-likeness (QED) is 0.126. The molecule has 0 amide bonds. The van der Waals surface area contributed by atoms with Crippen LogP contribution in [-0.2, 0) is 32.4 Å². The van der Waals surface area contributed by atoms with Crippen LogP contribution >= 0.6 is 23.2 Å². The van der Waals surface area contributed by atoms with E-state index in [1.165, 1.54) is 36.4 Å². The van der Waals surface area contributed by atoms with Crippen LogP contribution in [0.1, 0.15) is 27.8 Å². The summed E-state index contributed by atoms with van der Waals surface area (Å²) in [5.74, 6) is 0. The third kappa shape index (κ3) is 10.6. The van der Waals surface area contributed by atoms with Crippen LogP contribution in [0, 0.1) is 20.2 Å². The molecule has 232 valence electrons. The molecule has 0 saturated carbocycles. The molecule has 0 radical (unpaired) electrons. The summed E-state index contributed by atoms with van der Waals surface area (Å²) in [5.41, 5.74) is 2.98. The van der Waals surface area contributed by atoms with E-state index in [1.807, 2.05) is 42.1 Å². The highest BCUT2D eigenvalue weighted by molar-refractivity contribution is 6.35.